The maximum Gasteiger partial charge on any atom is 0.0766 e. The van der Waals surface area contributed by atoms with E-state index in [0.29, 0.717) is 5.92 Å². The van der Waals surface area contributed by atoms with Gasteiger partial charge in [0.25, 0.3) is 0 Å². The summed E-state index contributed by atoms with van der Waals surface area (Å²) in [5.41, 5.74) is 3.65. The number of para-hydroxylation sites is 1. The minimum Gasteiger partial charge on any atom is -0.311 e. The Morgan fingerprint density at radius 1 is 1.20 bits per heavy atom. The van der Waals surface area contributed by atoms with Crippen molar-refractivity contribution >= 4 is 0 Å². The first-order valence-corrected chi connectivity index (χ1v) is 7.54. The van der Waals surface area contributed by atoms with Crippen LogP contribution in [0, 0.1) is 5.92 Å². The molecule has 1 aromatic carbocycles. The van der Waals surface area contributed by atoms with Crippen molar-refractivity contribution in [2.75, 3.05) is 6.54 Å². The highest BCUT2D eigenvalue weighted by Gasteiger charge is 2.05. The summed E-state index contributed by atoms with van der Waals surface area (Å²) in [4.78, 5) is 0. The number of nitrogens with one attached hydrogen (secondary N) is 1. The molecule has 0 saturated carbocycles. The van der Waals surface area contributed by atoms with Gasteiger partial charge in [-0.05, 0) is 36.6 Å². The van der Waals surface area contributed by atoms with Crippen molar-refractivity contribution in [2.24, 2.45) is 5.92 Å². The summed E-state index contributed by atoms with van der Waals surface area (Å²) < 4.78 is 2.00. The molecule has 2 aromatic rings. The number of hydrogen-bond donors (Lipinski definition) is 1. The summed E-state index contributed by atoms with van der Waals surface area (Å²) in [6, 6.07) is 10.6. The van der Waals surface area contributed by atoms with E-state index in [0.717, 1.165) is 31.6 Å². The van der Waals surface area contributed by atoms with Crippen LogP contribution < -0.4 is 5.32 Å². The van der Waals surface area contributed by atoms with Gasteiger partial charge >= 0.3 is 0 Å². The Morgan fingerprint density at radius 3 is 2.75 bits per heavy atom. The number of aryl methyl sites for hydroxylation is 1. The monoisotopic (exact) mass is 271 g/mol. The van der Waals surface area contributed by atoms with Gasteiger partial charge in [-0.15, -0.1) is 0 Å². The zero-order valence-corrected chi connectivity index (χ0v) is 12.8. The lowest BCUT2D eigenvalue weighted by Gasteiger charge is -2.08. The summed E-state index contributed by atoms with van der Waals surface area (Å²) in [6.07, 6.45) is 4.30. The molecule has 0 aliphatic carbocycles. The molecule has 0 radical (unpaired) electrons. The van der Waals surface area contributed by atoms with E-state index < -0.39 is 0 Å². The smallest absolute Gasteiger partial charge is 0.0766 e. The first-order valence-electron chi connectivity index (χ1n) is 7.54. The van der Waals surface area contributed by atoms with Crippen LogP contribution in [-0.4, -0.2) is 16.3 Å². The standard InChI is InChI=1S/C17H25N3/c1-4-7-15-8-5-6-9-17(15)20-11-10-16(19-20)13-18-12-14(2)3/h5-6,8-11,14,18H,4,7,12-13H2,1-3H3. The van der Waals surface area contributed by atoms with Gasteiger partial charge in [0.1, 0.15) is 0 Å². The van der Waals surface area contributed by atoms with Crippen molar-refractivity contribution < 1.29 is 0 Å². The molecule has 3 heteroatoms. The van der Waals surface area contributed by atoms with Crippen molar-refractivity contribution in [3.05, 3.63) is 47.8 Å². The van der Waals surface area contributed by atoms with E-state index in [2.05, 4.69) is 67.7 Å². The van der Waals surface area contributed by atoms with Crippen LogP contribution in [0.5, 0.6) is 0 Å². The molecule has 1 N–H and O–H groups in total. The number of rotatable bonds is 7. The molecule has 3 nitrogen and oxygen atoms in total. The third-order valence-electron chi connectivity index (χ3n) is 3.26. The average Bonchev–Trinajstić information content (AvgIpc) is 2.88. The van der Waals surface area contributed by atoms with Crippen molar-refractivity contribution in [2.45, 2.75) is 40.2 Å². The summed E-state index contributed by atoms with van der Waals surface area (Å²) in [6.45, 7) is 8.50. The third-order valence-corrected chi connectivity index (χ3v) is 3.26. The highest BCUT2D eigenvalue weighted by molar-refractivity contribution is 5.40. The normalized spacial score (nSPS) is 11.2. The van der Waals surface area contributed by atoms with Gasteiger partial charge in [-0.25, -0.2) is 4.68 Å². The van der Waals surface area contributed by atoms with Crippen molar-refractivity contribution in [1.29, 1.82) is 0 Å². The van der Waals surface area contributed by atoms with E-state index in [1.807, 2.05) is 4.68 Å². The molecule has 0 saturated heterocycles. The van der Waals surface area contributed by atoms with E-state index in [1.54, 1.807) is 0 Å². The fourth-order valence-electron chi connectivity index (χ4n) is 2.29. The Kier molecular flexibility index (Phi) is 5.36. The van der Waals surface area contributed by atoms with Gasteiger partial charge in [-0.1, -0.05) is 45.4 Å². The maximum atomic E-state index is 4.67. The second-order valence-electron chi connectivity index (χ2n) is 5.66. The van der Waals surface area contributed by atoms with E-state index in [1.165, 1.54) is 11.3 Å². The molecule has 1 heterocycles. The van der Waals surface area contributed by atoms with Crippen LogP contribution in [0.2, 0.25) is 0 Å². The largest absolute Gasteiger partial charge is 0.311 e. The minimum atomic E-state index is 0.669. The fraction of sp³-hybridized carbons (Fsp3) is 0.471. The lowest BCUT2D eigenvalue weighted by atomic mass is 10.1. The Labute approximate surface area is 122 Å². The van der Waals surface area contributed by atoms with Crippen LogP contribution in [0.3, 0.4) is 0 Å². The SMILES string of the molecule is CCCc1ccccc1-n1ccc(CNCC(C)C)n1. The third kappa shape index (κ3) is 3.94. The van der Waals surface area contributed by atoms with Gasteiger partial charge in [0, 0.05) is 12.7 Å². The van der Waals surface area contributed by atoms with E-state index >= 15 is 0 Å². The molecular formula is C17H25N3. The summed E-state index contributed by atoms with van der Waals surface area (Å²) in [5, 5.41) is 8.10. The average molecular weight is 271 g/mol. The summed E-state index contributed by atoms with van der Waals surface area (Å²) >= 11 is 0. The zero-order chi connectivity index (χ0) is 14.4. The van der Waals surface area contributed by atoms with Gasteiger partial charge in [0.05, 0.1) is 11.4 Å². The van der Waals surface area contributed by atoms with Crippen LogP contribution in [0.15, 0.2) is 36.5 Å². The van der Waals surface area contributed by atoms with Crippen molar-refractivity contribution in [3.63, 3.8) is 0 Å². The number of benzene rings is 1. The fourth-order valence-corrected chi connectivity index (χ4v) is 2.29. The lowest BCUT2D eigenvalue weighted by Crippen LogP contribution is -2.19. The topological polar surface area (TPSA) is 29.9 Å². The Morgan fingerprint density at radius 2 is 2.00 bits per heavy atom. The molecule has 0 spiro atoms. The molecule has 0 fully saturated rings. The van der Waals surface area contributed by atoms with Crippen LogP contribution in [0.25, 0.3) is 5.69 Å². The molecule has 0 unspecified atom stereocenters. The van der Waals surface area contributed by atoms with Crippen LogP contribution in [0.4, 0.5) is 0 Å². The van der Waals surface area contributed by atoms with E-state index in [-0.39, 0.29) is 0 Å². The molecule has 0 bridgehead atoms. The first kappa shape index (κ1) is 14.8. The van der Waals surface area contributed by atoms with Gasteiger partial charge in [-0.3, -0.25) is 0 Å². The number of nitrogens with zero attached hydrogens (tertiary/aromatic N) is 2. The molecule has 0 atom stereocenters. The first-order chi connectivity index (χ1) is 9.70. The van der Waals surface area contributed by atoms with Gasteiger partial charge in [0.15, 0.2) is 0 Å². The molecule has 108 valence electrons. The van der Waals surface area contributed by atoms with E-state index in [4.69, 9.17) is 0 Å². The lowest BCUT2D eigenvalue weighted by molar-refractivity contribution is 0.546. The highest BCUT2D eigenvalue weighted by Crippen LogP contribution is 2.15. The molecule has 0 amide bonds. The second-order valence-corrected chi connectivity index (χ2v) is 5.66. The predicted octanol–water partition coefficient (Wildman–Crippen LogP) is 3.57. The molecule has 20 heavy (non-hydrogen) atoms. The number of hydrogen-bond acceptors (Lipinski definition) is 2. The zero-order valence-electron chi connectivity index (χ0n) is 12.8. The van der Waals surface area contributed by atoms with Crippen molar-refractivity contribution in [1.82, 2.24) is 15.1 Å². The van der Waals surface area contributed by atoms with Crippen LogP contribution in [0.1, 0.15) is 38.4 Å². The molecule has 1 aromatic heterocycles. The highest BCUT2D eigenvalue weighted by atomic mass is 15.3. The second kappa shape index (κ2) is 7.25. The summed E-state index contributed by atoms with van der Waals surface area (Å²) in [5.74, 6) is 0.669. The van der Waals surface area contributed by atoms with E-state index in [9.17, 15) is 0 Å². The molecule has 0 aliphatic rings. The molecule has 0 aliphatic heterocycles. The Hall–Kier alpha value is -1.61. The quantitative estimate of drug-likeness (QED) is 0.834. The molecular weight excluding hydrogens is 246 g/mol. The minimum absolute atomic E-state index is 0.669. The predicted molar refractivity (Wildman–Crippen MR) is 84.1 cm³/mol. The van der Waals surface area contributed by atoms with Gasteiger partial charge in [-0.2, -0.15) is 5.10 Å². The van der Waals surface area contributed by atoms with Gasteiger partial charge < -0.3 is 5.32 Å². The number of aromatic nitrogens is 2. The Bertz CT molecular complexity index is 529. The Balaban J connectivity index is 2.08. The van der Waals surface area contributed by atoms with Crippen molar-refractivity contribution in [3.8, 4) is 5.69 Å². The van der Waals surface area contributed by atoms with Crippen LogP contribution >= 0.6 is 0 Å². The summed E-state index contributed by atoms with van der Waals surface area (Å²) in [7, 11) is 0. The maximum absolute atomic E-state index is 4.67. The van der Waals surface area contributed by atoms with Gasteiger partial charge in [0.2, 0.25) is 0 Å². The van der Waals surface area contributed by atoms with Crippen LogP contribution in [-0.2, 0) is 13.0 Å². The molecule has 2 rings (SSSR count).